The van der Waals surface area contributed by atoms with Crippen molar-refractivity contribution in [2.24, 2.45) is 0 Å². The fraction of sp³-hybridized carbons (Fsp3) is 0.739. The molecule has 0 radical (unpaired) electrons. The average Bonchev–Trinajstić information content (AvgIpc) is 2.79. The molecule has 0 bridgehead atoms. The minimum Gasteiger partial charge on any atom is -0.390 e. The zero-order valence-corrected chi connectivity index (χ0v) is 19.6. The molecular weight excluding hydrogens is 449 g/mol. The van der Waals surface area contributed by atoms with Crippen LogP contribution in [0.1, 0.15) is 18.9 Å². The van der Waals surface area contributed by atoms with Crippen molar-refractivity contribution in [3.05, 3.63) is 35.6 Å². The molecule has 1 aromatic rings. The highest BCUT2D eigenvalue weighted by Gasteiger charge is 2.68. The number of rotatable bonds is 7. The maximum atomic E-state index is 13.1. The van der Waals surface area contributed by atoms with Gasteiger partial charge in [0.1, 0.15) is 29.7 Å². The summed E-state index contributed by atoms with van der Waals surface area (Å²) in [6.45, 7) is 2.20. The predicted molar refractivity (Wildman–Crippen MR) is 119 cm³/mol. The van der Waals surface area contributed by atoms with Crippen molar-refractivity contribution in [2.45, 2.75) is 80.0 Å². The van der Waals surface area contributed by atoms with Crippen molar-refractivity contribution in [3.63, 3.8) is 0 Å². The molecule has 0 amide bonds. The first-order valence-corrected chi connectivity index (χ1v) is 11.7. The minimum atomic E-state index is -2.25. The molecule has 1 unspecified atom stereocenters. The third-order valence-electron chi connectivity index (χ3n) is 7.27. The number of aliphatic hydroxyl groups is 4. The maximum Gasteiger partial charge on any atom is 0.249 e. The van der Waals surface area contributed by atoms with Crippen LogP contribution in [0.25, 0.3) is 0 Å². The van der Waals surface area contributed by atoms with Gasteiger partial charge in [-0.3, -0.25) is 0 Å². The normalized spacial score (nSPS) is 44.4. The average molecular weight is 486 g/mol. The summed E-state index contributed by atoms with van der Waals surface area (Å²) in [6.07, 6.45) is -5.19. The van der Waals surface area contributed by atoms with Gasteiger partial charge in [-0.15, -0.1) is 0 Å². The third kappa shape index (κ3) is 4.50. The van der Waals surface area contributed by atoms with Gasteiger partial charge in [-0.25, -0.2) is 4.39 Å². The first-order chi connectivity index (χ1) is 16.1. The van der Waals surface area contributed by atoms with Gasteiger partial charge in [-0.05, 0) is 51.7 Å². The lowest BCUT2D eigenvalue weighted by atomic mass is 9.77. The largest absolute Gasteiger partial charge is 0.390 e. The van der Waals surface area contributed by atoms with E-state index in [2.05, 4.69) is 16.0 Å². The van der Waals surface area contributed by atoms with Crippen molar-refractivity contribution in [2.75, 3.05) is 27.2 Å². The Labute approximate surface area is 198 Å². The van der Waals surface area contributed by atoms with E-state index in [4.69, 9.17) is 14.2 Å². The Morgan fingerprint density at radius 2 is 1.68 bits per heavy atom. The summed E-state index contributed by atoms with van der Waals surface area (Å²) in [5.74, 6) is -2.55. The number of benzene rings is 1. The molecule has 3 aliphatic rings. The molecule has 192 valence electrons. The van der Waals surface area contributed by atoms with E-state index in [1.165, 1.54) is 12.1 Å². The Hall–Kier alpha value is -1.25. The number of likely N-dealkylation sites (N-methyl/N-ethyl adjacent to an activating group) is 2. The number of nitrogens with one attached hydrogen (secondary N) is 3. The van der Waals surface area contributed by atoms with Gasteiger partial charge < -0.3 is 50.6 Å². The second-order valence-electron chi connectivity index (χ2n) is 9.56. The number of fused-ring (bicyclic) bond motifs is 2. The highest BCUT2D eigenvalue weighted by molar-refractivity contribution is 5.16. The lowest BCUT2D eigenvalue weighted by molar-refractivity contribution is -0.482. The Balaban J connectivity index is 1.50. The van der Waals surface area contributed by atoms with Crippen molar-refractivity contribution in [1.29, 1.82) is 0 Å². The Kier molecular flexibility index (Phi) is 7.61. The van der Waals surface area contributed by atoms with Crippen LogP contribution >= 0.6 is 0 Å². The van der Waals surface area contributed by atoms with Crippen LogP contribution < -0.4 is 16.0 Å². The van der Waals surface area contributed by atoms with E-state index < -0.39 is 60.3 Å². The highest BCUT2D eigenvalue weighted by atomic mass is 19.1. The van der Waals surface area contributed by atoms with Gasteiger partial charge >= 0.3 is 0 Å². The van der Waals surface area contributed by atoms with Crippen LogP contribution in [0.2, 0.25) is 0 Å². The van der Waals surface area contributed by atoms with E-state index in [9.17, 15) is 24.8 Å². The fourth-order valence-electron chi connectivity index (χ4n) is 5.41. The van der Waals surface area contributed by atoms with E-state index in [1.807, 2.05) is 0 Å². The summed E-state index contributed by atoms with van der Waals surface area (Å²) in [6, 6.07) is 4.79. The zero-order valence-electron chi connectivity index (χ0n) is 19.6. The first kappa shape index (κ1) is 25.8. The number of halogens is 1. The van der Waals surface area contributed by atoms with Crippen LogP contribution in [-0.2, 0) is 20.6 Å². The summed E-state index contributed by atoms with van der Waals surface area (Å²) in [5, 5.41) is 53.8. The van der Waals surface area contributed by atoms with Crippen molar-refractivity contribution < 1.29 is 39.0 Å². The molecule has 2 heterocycles. The molecule has 4 rings (SSSR count). The molecule has 2 aliphatic heterocycles. The van der Waals surface area contributed by atoms with E-state index >= 15 is 0 Å². The van der Waals surface area contributed by atoms with Crippen molar-refractivity contribution in [1.82, 2.24) is 16.0 Å². The van der Waals surface area contributed by atoms with E-state index in [0.29, 0.717) is 13.0 Å². The quantitative estimate of drug-likeness (QED) is 0.221. The monoisotopic (exact) mass is 485 g/mol. The van der Waals surface area contributed by atoms with E-state index in [1.54, 1.807) is 33.2 Å². The lowest BCUT2D eigenvalue weighted by Gasteiger charge is -2.60. The summed E-state index contributed by atoms with van der Waals surface area (Å²) in [5.41, 5.74) is -0.851. The Morgan fingerprint density at radius 3 is 2.32 bits per heavy atom. The molecule has 10 atom stereocenters. The number of hydrogen-bond acceptors (Lipinski definition) is 10. The smallest absolute Gasteiger partial charge is 0.249 e. The van der Waals surface area contributed by atoms with Gasteiger partial charge in [-0.2, -0.15) is 0 Å². The molecule has 11 heteroatoms. The number of hydrogen-bond donors (Lipinski definition) is 7. The fourth-order valence-corrected chi connectivity index (χ4v) is 5.41. The molecule has 0 aromatic heterocycles. The third-order valence-corrected chi connectivity index (χ3v) is 7.27. The van der Waals surface area contributed by atoms with Gasteiger partial charge in [0.2, 0.25) is 12.1 Å². The second kappa shape index (κ2) is 10.0. The molecule has 1 aliphatic carbocycles. The molecule has 34 heavy (non-hydrogen) atoms. The van der Waals surface area contributed by atoms with Gasteiger partial charge in [-0.1, -0.05) is 12.1 Å². The van der Waals surface area contributed by atoms with Crippen molar-refractivity contribution >= 4 is 0 Å². The highest BCUT2D eigenvalue weighted by Crippen LogP contribution is 2.46. The molecule has 1 aromatic carbocycles. The molecular formula is C23H36FN3O7. The minimum absolute atomic E-state index is 0.0237. The molecule has 2 saturated heterocycles. The maximum absolute atomic E-state index is 13.1. The molecule has 3 fully saturated rings. The van der Waals surface area contributed by atoms with Gasteiger partial charge in [0.15, 0.2) is 0 Å². The summed E-state index contributed by atoms with van der Waals surface area (Å²) in [7, 11) is 3.26. The molecule has 10 nitrogen and oxygen atoms in total. The topological polar surface area (TPSA) is 145 Å². The van der Waals surface area contributed by atoms with Crippen LogP contribution in [-0.4, -0.2) is 108 Å². The Morgan fingerprint density at radius 1 is 1.00 bits per heavy atom. The second-order valence-corrected chi connectivity index (χ2v) is 9.56. The van der Waals surface area contributed by atoms with Crippen LogP contribution in [0.4, 0.5) is 4.39 Å². The summed E-state index contributed by atoms with van der Waals surface area (Å²) in [4.78, 5) is 0. The molecule has 7 N–H and O–H groups in total. The van der Waals surface area contributed by atoms with Crippen LogP contribution in [0, 0.1) is 5.82 Å². The van der Waals surface area contributed by atoms with Crippen LogP contribution in [0.5, 0.6) is 0 Å². The molecule has 0 spiro atoms. The number of aliphatic hydroxyl groups excluding tert-OH is 2. The zero-order chi connectivity index (χ0) is 24.7. The van der Waals surface area contributed by atoms with E-state index in [0.717, 1.165) is 5.56 Å². The van der Waals surface area contributed by atoms with Gasteiger partial charge in [0.05, 0.1) is 24.3 Å². The Bertz CT molecular complexity index is 835. The van der Waals surface area contributed by atoms with Gasteiger partial charge in [0, 0.05) is 13.0 Å². The lowest BCUT2D eigenvalue weighted by Crippen LogP contribution is -2.81. The van der Waals surface area contributed by atoms with Crippen LogP contribution in [0.3, 0.4) is 0 Å². The van der Waals surface area contributed by atoms with Crippen molar-refractivity contribution in [3.8, 4) is 0 Å². The summed E-state index contributed by atoms with van der Waals surface area (Å²) < 4.78 is 31.0. The van der Waals surface area contributed by atoms with Crippen LogP contribution in [0.15, 0.2) is 24.3 Å². The van der Waals surface area contributed by atoms with Gasteiger partial charge in [0.25, 0.3) is 0 Å². The predicted octanol–water partition coefficient (Wildman–Crippen LogP) is -1.79. The standard InChI is InChI=1S/C23H36FN3O7/c1-12-10-22(30,11-27-9-8-13-4-6-14(24)7-5-13)23(31)21(32-12)33-20-18(29)15(25-2)17(28)16(26-3)19(20)34-23/h4-7,12,15-21,25-31H,8-11H2,1-3H3/t12-,15-,16+,17+,18+,19-,20?,21+,22-,23-/m1/s1. The summed E-state index contributed by atoms with van der Waals surface area (Å²) >= 11 is 0. The SMILES string of the molecule is CN[C@@H]1[C@H](O)[C@H](NC)[C@H]2O[C@]3(O)[C@H](OC2[C@H]1O)O[C@H](C)C[C@@]3(O)CNCCc1ccc(F)cc1. The molecule has 1 saturated carbocycles. The van der Waals surface area contributed by atoms with E-state index in [-0.39, 0.29) is 18.8 Å². The number of ether oxygens (including phenoxy) is 3. The first-order valence-electron chi connectivity index (χ1n) is 11.7.